The van der Waals surface area contributed by atoms with E-state index in [9.17, 15) is 9.59 Å². The van der Waals surface area contributed by atoms with E-state index in [-0.39, 0.29) is 11.8 Å². The Labute approximate surface area is 168 Å². The number of carbonyl (C=O) groups excluding carboxylic acids is 2. The molecule has 1 aliphatic rings. The topological polar surface area (TPSA) is 85.8 Å². The predicted molar refractivity (Wildman–Crippen MR) is 112 cm³/mol. The molecule has 1 aliphatic heterocycles. The van der Waals surface area contributed by atoms with Crippen molar-refractivity contribution in [3.8, 4) is 0 Å². The molecule has 7 nitrogen and oxygen atoms in total. The first-order chi connectivity index (χ1) is 13.6. The van der Waals surface area contributed by atoms with E-state index in [0.717, 1.165) is 44.0 Å². The van der Waals surface area contributed by atoms with Crippen LogP contribution in [0.2, 0.25) is 0 Å². The molecule has 3 N–H and O–H groups in total. The van der Waals surface area contributed by atoms with Crippen molar-refractivity contribution in [1.82, 2.24) is 20.9 Å². The lowest BCUT2D eigenvalue weighted by atomic mass is 9.93. The summed E-state index contributed by atoms with van der Waals surface area (Å²) in [6.07, 6.45) is 2.61. The van der Waals surface area contributed by atoms with Crippen LogP contribution >= 0.6 is 0 Å². The lowest BCUT2D eigenvalue weighted by molar-refractivity contribution is -0.121. The third-order valence-corrected chi connectivity index (χ3v) is 4.97. The number of benzene rings is 1. The van der Waals surface area contributed by atoms with Crippen LogP contribution in [0, 0.1) is 5.92 Å². The van der Waals surface area contributed by atoms with Crippen molar-refractivity contribution >= 4 is 17.8 Å². The van der Waals surface area contributed by atoms with E-state index in [1.54, 1.807) is 7.05 Å². The van der Waals surface area contributed by atoms with Gasteiger partial charge in [-0.3, -0.25) is 9.59 Å². The molecule has 28 heavy (non-hydrogen) atoms. The van der Waals surface area contributed by atoms with Crippen molar-refractivity contribution in [1.29, 1.82) is 0 Å². The molecular formula is C21H33N5O2. The highest BCUT2D eigenvalue weighted by Gasteiger charge is 2.23. The van der Waals surface area contributed by atoms with Crippen molar-refractivity contribution in [2.45, 2.75) is 39.7 Å². The van der Waals surface area contributed by atoms with Gasteiger partial charge in [0.2, 0.25) is 5.91 Å². The number of piperidine rings is 1. The standard InChI is InChI=1S/C21H33N5O2/c1-4-23-20(28)18-8-6-17(7-9-18)15-25-21(24-5-2)26-12-10-16(11-13-26)14-19(27)22-3/h6-9,16H,4-5,10-15H2,1-3H3,(H,22,27)(H,23,28)(H,24,25). The van der Waals surface area contributed by atoms with Crippen molar-refractivity contribution in [2.24, 2.45) is 10.9 Å². The summed E-state index contributed by atoms with van der Waals surface area (Å²) in [5, 5.41) is 8.88. The van der Waals surface area contributed by atoms with E-state index in [1.807, 2.05) is 31.2 Å². The van der Waals surface area contributed by atoms with E-state index in [1.165, 1.54) is 0 Å². The zero-order valence-corrected chi connectivity index (χ0v) is 17.3. The van der Waals surface area contributed by atoms with Gasteiger partial charge in [-0.1, -0.05) is 12.1 Å². The Morgan fingerprint density at radius 1 is 1.07 bits per heavy atom. The van der Waals surface area contributed by atoms with Crippen LogP contribution in [0.3, 0.4) is 0 Å². The third-order valence-electron chi connectivity index (χ3n) is 4.97. The fourth-order valence-corrected chi connectivity index (χ4v) is 3.33. The van der Waals surface area contributed by atoms with Crippen LogP contribution in [-0.2, 0) is 11.3 Å². The van der Waals surface area contributed by atoms with Gasteiger partial charge < -0.3 is 20.9 Å². The maximum absolute atomic E-state index is 11.8. The van der Waals surface area contributed by atoms with Gasteiger partial charge in [-0.15, -0.1) is 0 Å². The molecule has 7 heteroatoms. The molecular weight excluding hydrogens is 354 g/mol. The Bertz CT molecular complexity index is 664. The molecule has 0 aliphatic carbocycles. The van der Waals surface area contributed by atoms with Crippen LogP contribution in [0.25, 0.3) is 0 Å². The van der Waals surface area contributed by atoms with Crippen LogP contribution in [0.5, 0.6) is 0 Å². The summed E-state index contributed by atoms with van der Waals surface area (Å²) in [5.41, 5.74) is 1.73. The average molecular weight is 388 g/mol. The largest absolute Gasteiger partial charge is 0.359 e. The first-order valence-corrected chi connectivity index (χ1v) is 10.2. The van der Waals surface area contributed by atoms with Crippen molar-refractivity contribution < 1.29 is 9.59 Å². The van der Waals surface area contributed by atoms with E-state index in [2.05, 4.69) is 27.8 Å². The smallest absolute Gasteiger partial charge is 0.251 e. The molecule has 1 aromatic rings. The van der Waals surface area contributed by atoms with Gasteiger partial charge in [-0.2, -0.15) is 0 Å². The number of carbonyl (C=O) groups is 2. The van der Waals surface area contributed by atoms with Gasteiger partial charge in [0.05, 0.1) is 6.54 Å². The minimum absolute atomic E-state index is 0.0504. The number of hydrogen-bond donors (Lipinski definition) is 3. The van der Waals surface area contributed by atoms with Crippen LogP contribution in [0.15, 0.2) is 29.3 Å². The van der Waals surface area contributed by atoms with Crippen molar-refractivity contribution in [2.75, 3.05) is 33.2 Å². The van der Waals surface area contributed by atoms with Gasteiger partial charge in [0.1, 0.15) is 0 Å². The van der Waals surface area contributed by atoms with Gasteiger partial charge in [0.15, 0.2) is 5.96 Å². The number of hydrogen-bond acceptors (Lipinski definition) is 3. The Morgan fingerprint density at radius 3 is 2.29 bits per heavy atom. The summed E-state index contributed by atoms with van der Waals surface area (Å²) < 4.78 is 0. The maximum Gasteiger partial charge on any atom is 0.251 e. The SMILES string of the molecule is CCNC(=O)c1ccc(CN=C(NCC)N2CCC(CC(=O)NC)CC2)cc1. The maximum atomic E-state index is 11.8. The molecule has 0 atom stereocenters. The lowest BCUT2D eigenvalue weighted by Gasteiger charge is -2.34. The molecule has 0 aromatic heterocycles. The summed E-state index contributed by atoms with van der Waals surface area (Å²) in [7, 11) is 1.69. The Hall–Kier alpha value is -2.57. The molecule has 0 bridgehead atoms. The summed E-state index contributed by atoms with van der Waals surface area (Å²) in [6, 6.07) is 7.58. The van der Waals surface area contributed by atoms with Crippen LogP contribution in [0.1, 0.15) is 49.0 Å². The van der Waals surface area contributed by atoms with Gasteiger partial charge in [-0.25, -0.2) is 4.99 Å². The second-order valence-corrected chi connectivity index (χ2v) is 7.03. The predicted octanol–water partition coefficient (Wildman–Crippen LogP) is 1.75. The van der Waals surface area contributed by atoms with Gasteiger partial charge in [0, 0.05) is 45.2 Å². The lowest BCUT2D eigenvalue weighted by Crippen LogP contribution is -2.46. The monoisotopic (exact) mass is 387 g/mol. The summed E-state index contributed by atoms with van der Waals surface area (Å²) >= 11 is 0. The van der Waals surface area contributed by atoms with E-state index in [0.29, 0.717) is 31.0 Å². The first-order valence-electron chi connectivity index (χ1n) is 10.2. The highest BCUT2D eigenvalue weighted by molar-refractivity contribution is 5.94. The molecule has 2 amide bonds. The van der Waals surface area contributed by atoms with Crippen molar-refractivity contribution in [3.05, 3.63) is 35.4 Å². The number of amides is 2. The Morgan fingerprint density at radius 2 is 1.71 bits per heavy atom. The van der Waals surface area contributed by atoms with Crippen LogP contribution < -0.4 is 16.0 Å². The number of rotatable bonds is 7. The Balaban J connectivity index is 1.93. The van der Waals surface area contributed by atoms with Crippen LogP contribution in [-0.4, -0.2) is 55.9 Å². The number of likely N-dealkylation sites (tertiary alicyclic amines) is 1. The molecule has 1 aromatic carbocycles. The fourth-order valence-electron chi connectivity index (χ4n) is 3.33. The molecule has 0 unspecified atom stereocenters. The minimum atomic E-state index is -0.0504. The average Bonchev–Trinajstić information content (AvgIpc) is 2.72. The van der Waals surface area contributed by atoms with Gasteiger partial charge >= 0.3 is 0 Å². The molecule has 2 rings (SSSR count). The molecule has 0 saturated carbocycles. The molecule has 0 radical (unpaired) electrons. The second kappa shape index (κ2) is 11.3. The Kier molecular flexibility index (Phi) is 8.78. The van der Waals surface area contributed by atoms with Crippen molar-refractivity contribution in [3.63, 3.8) is 0 Å². The second-order valence-electron chi connectivity index (χ2n) is 7.03. The number of nitrogens with one attached hydrogen (secondary N) is 3. The number of aliphatic imine (C=N–C) groups is 1. The van der Waals surface area contributed by atoms with E-state index in [4.69, 9.17) is 4.99 Å². The summed E-state index contributed by atoms with van der Waals surface area (Å²) in [6.45, 7) is 7.78. The van der Waals surface area contributed by atoms with E-state index >= 15 is 0 Å². The number of guanidine groups is 1. The normalized spacial score (nSPS) is 15.2. The quantitative estimate of drug-likeness (QED) is 0.491. The summed E-state index contributed by atoms with van der Waals surface area (Å²) in [4.78, 5) is 30.5. The zero-order valence-electron chi connectivity index (χ0n) is 17.3. The fraction of sp³-hybridized carbons (Fsp3) is 0.571. The molecule has 0 spiro atoms. The minimum Gasteiger partial charge on any atom is -0.359 e. The number of nitrogens with zero attached hydrogens (tertiary/aromatic N) is 2. The molecule has 1 fully saturated rings. The molecule has 154 valence electrons. The molecule has 1 saturated heterocycles. The first kappa shape index (κ1) is 21.7. The van der Waals surface area contributed by atoms with E-state index < -0.39 is 0 Å². The third kappa shape index (κ3) is 6.55. The zero-order chi connectivity index (χ0) is 20.4. The highest BCUT2D eigenvalue weighted by Crippen LogP contribution is 2.20. The highest BCUT2D eigenvalue weighted by atomic mass is 16.2. The van der Waals surface area contributed by atoms with Crippen LogP contribution in [0.4, 0.5) is 0 Å². The van der Waals surface area contributed by atoms with Gasteiger partial charge in [-0.05, 0) is 50.3 Å². The molecule has 1 heterocycles. The summed E-state index contributed by atoms with van der Waals surface area (Å²) in [5.74, 6) is 1.43. The van der Waals surface area contributed by atoms with Gasteiger partial charge in [0.25, 0.3) is 5.91 Å².